The Morgan fingerprint density at radius 2 is 1.18 bits per heavy atom. The van der Waals surface area contributed by atoms with E-state index in [1.165, 1.54) is 52.1 Å². The highest BCUT2D eigenvalue weighted by Crippen LogP contribution is 2.45. The van der Waals surface area contributed by atoms with E-state index >= 15 is 0 Å². The lowest BCUT2D eigenvalue weighted by Gasteiger charge is -2.10. The lowest BCUT2D eigenvalue weighted by molar-refractivity contribution is 1.18. The highest BCUT2D eigenvalue weighted by Gasteiger charge is 2.20. The number of rotatable bonds is 3. The summed E-state index contributed by atoms with van der Waals surface area (Å²) in [5, 5.41) is 7.32. The summed E-state index contributed by atoms with van der Waals surface area (Å²) in [4.78, 5) is 11.7. The largest absolute Gasteiger partial charge is 0.309 e. The minimum absolute atomic E-state index is 0.751. The Kier molecular flexibility index (Phi) is 5.32. The number of aromatic nitrogens is 3. The smallest absolute Gasteiger partial charge is 0.161 e. The summed E-state index contributed by atoms with van der Waals surface area (Å²) in [6.45, 7) is 0. The van der Waals surface area contributed by atoms with Gasteiger partial charge in [-0.1, -0.05) is 91.0 Å². The van der Waals surface area contributed by atoms with Gasteiger partial charge in [-0.05, 0) is 48.5 Å². The Bertz CT molecular complexity index is 2770. The van der Waals surface area contributed by atoms with Crippen molar-refractivity contribution in [3.63, 3.8) is 0 Å². The van der Waals surface area contributed by atoms with Crippen LogP contribution in [-0.4, -0.2) is 14.5 Å². The molecular weight excluding hydrogens is 587 g/mol. The lowest BCUT2D eigenvalue weighted by atomic mass is 10.0. The monoisotopic (exact) mass is 609 g/mol. The average Bonchev–Trinajstić information content (AvgIpc) is 3.77. The van der Waals surface area contributed by atoms with Crippen LogP contribution in [0.5, 0.6) is 0 Å². The van der Waals surface area contributed by atoms with Crippen LogP contribution in [0.25, 0.3) is 90.6 Å². The van der Waals surface area contributed by atoms with Crippen molar-refractivity contribution < 1.29 is 0 Å². The van der Waals surface area contributed by atoms with Gasteiger partial charge in [-0.2, -0.15) is 0 Å². The van der Waals surface area contributed by atoms with E-state index in [2.05, 4.69) is 144 Å². The number of thiophene rings is 2. The zero-order chi connectivity index (χ0) is 29.5. The molecule has 0 saturated heterocycles. The van der Waals surface area contributed by atoms with E-state index in [1.54, 1.807) is 11.3 Å². The van der Waals surface area contributed by atoms with E-state index < -0.39 is 0 Å². The maximum absolute atomic E-state index is 5.43. The standard InChI is InChI=1S/C40H23N3S2/c1-2-11-25(12-3-1)43-32-18-7-4-13-26(32)31-23-24(21-22-33(31)43)39-41-37(36-29-15-6-9-20-35(29)45-40(36)42-39)30-17-10-16-28-27-14-5-8-19-34(27)44-38(28)30/h1-23H. The van der Waals surface area contributed by atoms with Gasteiger partial charge in [0.1, 0.15) is 4.83 Å². The Balaban J connectivity index is 1.27. The Morgan fingerprint density at radius 1 is 0.489 bits per heavy atom. The van der Waals surface area contributed by atoms with Gasteiger partial charge < -0.3 is 4.57 Å². The minimum atomic E-state index is 0.751. The van der Waals surface area contributed by atoms with Crippen LogP contribution in [0.4, 0.5) is 0 Å². The second kappa shape index (κ2) is 9.57. The molecule has 0 aliphatic carbocycles. The van der Waals surface area contributed by atoms with Crippen molar-refractivity contribution in [2.45, 2.75) is 0 Å². The SMILES string of the molecule is c1ccc(-n2c3ccccc3c3cc(-c4nc(-c5cccc6c5sc5ccccc56)c5c(n4)sc4ccccc45)ccc32)cc1. The highest BCUT2D eigenvalue weighted by atomic mass is 32.1. The van der Waals surface area contributed by atoms with E-state index in [0.717, 1.165) is 38.5 Å². The number of nitrogens with zero attached hydrogens (tertiary/aromatic N) is 3. The molecule has 5 heteroatoms. The van der Waals surface area contributed by atoms with Crippen molar-refractivity contribution in [1.29, 1.82) is 0 Å². The van der Waals surface area contributed by atoms with Gasteiger partial charge in [-0.25, -0.2) is 9.97 Å². The Morgan fingerprint density at radius 3 is 2.04 bits per heavy atom. The maximum atomic E-state index is 5.43. The molecule has 0 amide bonds. The van der Waals surface area contributed by atoms with Crippen LogP contribution >= 0.6 is 22.7 Å². The second-order valence-corrected chi connectivity index (χ2v) is 13.5. The first kappa shape index (κ1) is 25.0. The number of benzene rings is 6. The first-order valence-corrected chi connectivity index (χ1v) is 16.6. The Labute approximate surface area is 266 Å². The number of hydrogen-bond acceptors (Lipinski definition) is 4. The highest BCUT2D eigenvalue weighted by molar-refractivity contribution is 7.26. The van der Waals surface area contributed by atoms with Crippen molar-refractivity contribution in [3.8, 4) is 28.3 Å². The molecule has 210 valence electrons. The third-order valence-corrected chi connectivity index (χ3v) is 11.1. The van der Waals surface area contributed by atoms with Crippen LogP contribution in [0.15, 0.2) is 140 Å². The van der Waals surface area contributed by atoms with Crippen molar-refractivity contribution >= 4 is 85.0 Å². The van der Waals surface area contributed by atoms with Gasteiger partial charge in [-0.3, -0.25) is 0 Å². The first-order chi connectivity index (χ1) is 22.3. The van der Waals surface area contributed by atoms with E-state index in [9.17, 15) is 0 Å². The summed E-state index contributed by atoms with van der Waals surface area (Å²) in [5.41, 5.74) is 6.68. The zero-order valence-corrected chi connectivity index (χ0v) is 25.6. The van der Waals surface area contributed by atoms with E-state index in [1.807, 2.05) is 11.3 Å². The number of hydrogen-bond donors (Lipinski definition) is 0. The molecule has 0 saturated carbocycles. The summed E-state index contributed by atoms with van der Waals surface area (Å²) in [6.07, 6.45) is 0. The molecule has 0 aliphatic rings. The summed E-state index contributed by atoms with van der Waals surface area (Å²) in [7, 11) is 0. The molecule has 0 spiro atoms. The molecule has 45 heavy (non-hydrogen) atoms. The van der Waals surface area contributed by atoms with Crippen molar-refractivity contribution in [2.24, 2.45) is 0 Å². The normalized spacial score (nSPS) is 12.0. The Hall–Kier alpha value is -5.36. The topological polar surface area (TPSA) is 30.7 Å². The zero-order valence-electron chi connectivity index (χ0n) is 23.9. The predicted molar refractivity (Wildman–Crippen MR) is 193 cm³/mol. The van der Waals surface area contributed by atoms with Crippen LogP contribution in [0.2, 0.25) is 0 Å². The molecule has 4 heterocycles. The van der Waals surface area contributed by atoms with Crippen LogP contribution < -0.4 is 0 Å². The molecule has 10 rings (SSSR count). The lowest BCUT2D eigenvalue weighted by Crippen LogP contribution is -1.95. The molecule has 4 aromatic heterocycles. The summed E-state index contributed by atoms with van der Waals surface area (Å²) in [5.74, 6) is 0.751. The first-order valence-electron chi connectivity index (χ1n) is 15.0. The van der Waals surface area contributed by atoms with Gasteiger partial charge in [0.15, 0.2) is 5.82 Å². The predicted octanol–water partition coefficient (Wildman–Crippen LogP) is 11.6. The van der Waals surface area contributed by atoms with Crippen LogP contribution in [0.1, 0.15) is 0 Å². The molecule has 0 N–H and O–H groups in total. The fraction of sp³-hybridized carbons (Fsp3) is 0. The molecule has 0 atom stereocenters. The van der Waals surface area contributed by atoms with E-state index in [0.29, 0.717) is 0 Å². The molecule has 0 radical (unpaired) electrons. The van der Waals surface area contributed by atoms with Gasteiger partial charge in [0.05, 0.1) is 16.7 Å². The van der Waals surface area contributed by atoms with Crippen molar-refractivity contribution in [1.82, 2.24) is 14.5 Å². The molecule has 3 nitrogen and oxygen atoms in total. The van der Waals surface area contributed by atoms with Gasteiger partial charge in [0.2, 0.25) is 0 Å². The minimum Gasteiger partial charge on any atom is -0.309 e. The third-order valence-electron chi connectivity index (χ3n) is 8.84. The van der Waals surface area contributed by atoms with Gasteiger partial charge in [-0.15, -0.1) is 22.7 Å². The van der Waals surface area contributed by atoms with Crippen LogP contribution in [0, 0.1) is 0 Å². The molecule has 6 aromatic carbocycles. The maximum Gasteiger partial charge on any atom is 0.161 e. The molecule has 10 aromatic rings. The second-order valence-electron chi connectivity index (χ2n) is 11.4. The fourth-order valence-electron chi connectivity index (χ4n) is 6.85. The fourth-order valence-corrected chi connectivity index (χ4v) is 9.14. The summed E-state index contributed by atoms with van der Waals surface area (Å²) < 4.78 is 6.13. The third kappa shape index (κ3) is 3.69. The molecular formula is C40H23N3S2. The molecule has 0 unspecified atom stereocenters. The average molecular weight is 610 g/mol. The molecule has 0 fully saturated rings. The van der Waals surface area contributed by atoms with Gasteiger partial charge in [0.25, 0.3) is 0 Å². The summed E-state index contributed by atoms with van der Waals surface area (Å²) >= 11 is 3.59. The molecule has 0 aliphatic heterocycles. The summed E-state index contributed by atoms with van der Waals surface area (Å²) in [6, 6.07) is 49.8. The number of fused-ring (bicyclic) bond motifs is 9. The van der Waals surface area contributed by atoms with Crippen molar-refractivity contribution in [3.05, 3.63) is 140 Å². The van der Waals surface area contributed by atoms with Crippen molar-refractivity contribution in [2.75, 3.05) is 0 Å². The quantitative estimate of drug-likeness (QED) is 0.199. The van der Waals surface area contributed by atoms with E-state index in [4.69, 9.17) is 9.97 Å². The molecule has 0 bridgehead atoms. The van der Waals surface area contributed by atoms with Crippen LogP contribution in [-0.2, 0) is 0 Å². The van der Waals surface area contributed by atoms with Gasteiger partial charge >= 0.3 is 0 Å². The van der Waals surface area contributed by atoms with Crippen LogP contribution in [0.3, 0.4) is 0 Å². The van der Waals surface area contributed by atoms with Gasteiger partial charge in [0, 0.05) is 63.2 Å². The number of para-hydroxylation sites is 2. The van der Waals surface area contributed by atoms with E-state index in [-0.39, 0.29) is 0 Å².